The summed E-state index contributed by atoms with van der Waals surface area (Å²) in [6, 6.07) is 15.9. The molecule has 1 atom stereocenters. The Morgan fingerprint density at radius 1 is 1.15 bits per heavy atom. The molecule has 33 heavy (non-hydrogen) atoms. The number of nitrogens with one attached hydrogen (secondary N) is 1. The SMILES string of the molecule is CC[C@H]1CCCCN1C(=O)CSc1nc2c([nH]c3ccccc32)c(=O)n1-c1ccc(C)cc1. The lowest BCUT2D eigenvalue weighted by molar-refractivity contribution is -0.132. The number of likely N-dealkylation sites (tertiary alicyclic amines) is 1. The van der Waals surface area contributed by atoms with Gasteiger partial charge in [-0.3, -0.25) is 14.2 Å². The maximum absolute atomic E-state index is 13.6. The first kappa shape index (κ1) is 21.8. The van der Waals surface area contributed by atoms with Crippen LogP contribution in [0.5, 0.6) is 0 Å². The Kier molecular flexibility index (Phi) is 5.98. The number of piperidine rings is 1. The van der Waals surface area contributed by atoms with Gasteiger partial charge in [-0.05, 0) is 50.8 Å². The highest BCUT2D eigenvalue weighted by Crippen LogP contribution is 2.27. The lowest BCUT2D eigenvalue weighted by Gasteiger charge is -2.35. The molecule has 0 bridgehead atoms. The van der Waals surface area contributed by atoms with Crippen LogP contribution in [0.4, 0.5) is 0 Å². The topological polar surface area (TPSA) is 71.0 Å². The number of hydrogen-bond acceptors (Lipinski definition) is 4. The van der Waals surface area contributed by atoms with Crippen molar-refractivity contribution < 1.29 is 4.79 Å². The summed E-state index contributed by atoms with van der Waals surface area (Å²) in [5, 5.41) is 1.45. The molecule has 2 aromatic carbocycles. The lowest BCUT2D eigenvalue weighted by Crippen LogP contribution is -2.44. The Balaban J connectivity index is 1.57. The summed E-state index contributed by atoms with van der Waals surface area (Å²) in [7, 11) is 0. The minimum atomic E-state index is -0.153. The first-order chi connectivity index (χ1) is 16.1. The molecular formula is C26H28N4O2S. The van der Waals surface area contributed by atoms with Crippen LogP contribution >= 0.6 is 11.8 Å². The van der Waals surface area contributed by atoms with E-state index in [0.29, 0.717) is 22.2 Å². The lowest BCUT2D eigenvalue weighted by atomic mass is 10.0. The summed E-state index contributed by atoms with van der Waals surface area (Å²) >= 11 is 1.35. The minimum absolute atomic E-state index is 0.121. The number of rotatable bonds is 5. The van der Waals surface area contributed by atoms with Crippen LogP contribution < -0.4 is 5.56 Å². The molecule has 3 heterocycles. The zero-order valence-corrected chi connectivity index (χ0v) is 19.8. The van der Waals surface area contributed by atoms with Crippen molar-refractivity contribution in [3.8, 4) is 5.69 Å². The molecule has 170 valence electrons. The van der Waals surface area contributed by atoms with E-state index in [1.807, 2.05) is 60.4 Å². The number of para-hydroxylation sites is 1. The Morgan fingerprint density at radius 3 is 2.73 bits per heavy atom. The second-order valence-corrected chi connectivity index (χ2v) is 9.64. The quantitative estimate of drug-likeness (QED) is 0.334. The maximum atomic E-state index is 13.6. The van der Waals surface area contributed by atoms with Crippen molar-refractivity contribution >= 4 is 39.6 Å². The number of aromatic nitrogens is 3. The summed E-state index contributed by atoms with van der Waals surface area (Å²) in [5.41, 5.74) is 3.72. The van der Waals surface area contributed by atoms with Crippen molar-refractivity contribution in [2.75, 3.05) is 12.3 Å². The summed E-state index contributed by atoms with van der Waals surface area (Å²) in [6.45, 7) is 4.98. The van der Waals surface area contributed by atoms with Gasteiger partial charge in [-0.25, -0.2) is 4.98 Å². The average molecular weight is 461 g/mol. The van der Waals surface area contributed by atoms with Gasteiger partial charge in [-0.15, -0.1) is 0 Å². The second-order valence-electron chi connectivity index (χ2n) is 8.70. The van der Waals surface area contributed by atoms with E-state index < -0.39 is 0 Å². The van der Waals surface area contributed by atoms with Crippen LogP contribution in [0.25, 0.3) is 27.6 Å². The number of fused-ring (bicyclic) bond motifs is 3. The number of aromatic amines is 1. The highest BCUT2D eigenvalue weighted by Gasteiger charge is 2.26. The standard InChI is InChI=1S/C26H28N4O2S/c1-3-18-8-6-7-15-29(18)22(31)16-33-26-28-23-20-9-4-5-10-21(20)27-24(23)25(32)30(26)19-13-11-17(2)12-14-19/h4-5,9-14,18,27H,3,6-8,15-16H2,1-2H3/t18-/m0/s1. The maximum Gasteiger partial charge on any atom is 0.283 e. The van der Waals surface area contributed by atoms with Crippen molar-refractivity contribution in [2.45, 2.75) is 50.7 Å². The Bertz CT molecular complexity index is 1370. The van der Waals surface area contributed by atoms with Crippen LogP contribution in [0.3, 0.4) is 0 Å². The van der Waals surface area contributed by atoms with E-state index in [-0.39, 0.29) is 17.2 Å². The zero-order chi connectivity index (χ0) is 22.9. The predicted molar refractivity (Wildman–Crippen MR) is 134 cm³/mol. The number of H-pyrrole nitrogens is 1. The molecule has 1 saturated heterocycles. The van der Waals surface area contributed by atoms with Crippen molar-refractivity contribution in [3.05, 3.63) is 64.4 Å². The molecule has 0 saturated carbocycles. The molecule has 2 aromatic heterocycles. The van der Waals surface area contributed by atoms with Gasteiger partial charge >= 0.3 is 0 Å². The third-order valence-corrected chi connectivity index (χ3v) is 7.45. The summed E-state index contributed by atoms with van der Waals surface area (Å²) in [5.74, 6) is 0.387. The van der Waals surface area contributed by atoms with Gasteiger partial charge in [0.1, 0.15) is 11.0 Å². The minimum Gasteiger partial charge on any atom is -0.349 e. The van der Waals surface area contributed by atoms with E-state index in [0.717, 1.165) is 48.0 Å². The highest BCUT2D eigenvalue weighted by atomic mass is 32.2. The van der Waals surface area contributed by atoms with E-state index in [1.165, 1.54) is 18.2 Å². The molecule has 7 heteroatoms. The Labute approximate surface area is 197 Å². The molecule has 6 nitrogen and oxygen atoms in total. The molecule has 1 amide bonds. The molecule has 1 N–H and O–H groups in total. The number of carbonyl (C=O) groups is 1. The van der Waals surface area contributed by atoms with Gasteiger partial charge in [0, 0.05) is 23.5 Å². The molecule has 0 spiro atoms. The number of nitrogens with zero attached hydrogens (tertiary/aromatic N) is 3. The Morgan fingerprint density at radius 2 is 1.94 bits per heavy atom. The molecule has 4 aromatic rings. The fourth-order valence-electron chi connectivity index (χ4n) is 4.72. The number of carbonyl (C=O) groups excluding carboxylic acids is 1. The third kappa shape index (κ3) is 4.06. The third-order valence-electron chi connectivity index (χ3n) is 6.53. The predicted octanol–water partition coefficient (Wildman–Crippen LogP) is 5.06. The van der Waals surface area contributed by atoms with E-state index in [2.05, 4.69) is 11.9 Å². The van der Waals surface area contributed by atoms with Gasteiger partial charge in [0.25, 0.3) is 5.56 Å². The average Bonchev–Trinajstić information content (AvgIpc) is 3.22. The number of thioether (sulfide) groups is 1. The molecule has 0 unspecified atom stereocenters. The van der Waals surface area contributed by atoms with Crippen LogP contribution in [0.1, 0.15) is 38.2 Å². The van der Waals surface area contributed by atoms with Crippen LogP contribution in [-0.2, 0) is 4.79 Å². The zero-order valence-electron chi connectivity index (χ0n) is 19.0. The van der Waals surface area contributed by atoms with Crippen LogP contribution in [0.15, 0.2) is 58.5 Å². The monoisotopic (exact) mass is 460 g/mol. The van der Waals surface area contributed by atoms with Gasteiger partial charge < -0.3 is 9.88 Å². The van der Waals surface area contributed by atoms with E-state index in [1.54, 1.807) is 4.57 Å². The number of benzene rings is 2. The van der Waals surface area contributed by atoms with Crippen LogP contribution in [-0.4, -0.2) is 43.7 Å². The Hall–Kier alpha value is -3.06. The van der Waals surface area contributed by atoms with Crippen LogP contribution in [0.2, 0.25) is 0 Å². The van der Waals surface area contributed by atoms with Gasteiger partial charge in [0.15, 0.2) is 5.16 Å². The first-order valence-electron chi connectivity index (χ1n) is 11.6. The molecule has 0 radical (unpaired) electrons. The van der Waals surface area contributed by atoms with Gasteiger partial charge in [-0.2, -0.15) is 0 Å². The van der Waals surface area contributed by atoms with E-state index >= 15 is 0 Å². The molecule has 1 aliphatic heterocycles. The smallest absolute Gasteiger partial charge is 0.283 e. The first-order valence-corrected chi connectivity index (χ1v) is 12.6. The van der Waals surface area contributed by atoms with Crippen molar-refractivity contribution in [3.63, 3.8) is 0 Å². The van der Waals surface area contributed by atoms with E-state index in [9.17, 15) is 9.59 Å². The molecule has 0 aliphatic carbocycles. The molecule has 1 aliphatic rings. The number of amides is 1. The number of hydrogen-bond donors (Lipinski definition) is 1. The van der Waals surface area contributed by atoms with Gasteiger partial charge in [-0.1, -0.05) is 54.6 Å². The molecule has 1 fully saturated rings. The normalized spacial score (nSPS) is 16.5. The number of aryl methyl sites for hydroxylation is 1. The van der Waals surface area contributed by atoms with Crippen molar-refractivity contribution in [1.29, 1.82) is 0 Å². The van der Waals surface area contributed by atoms with Crippen LogP contribution in [0, 0.1) is 6.92 Å². The van der Waals surface area contributed by atoms with Crippen molar-refractivity contribution in [2.24, 2.45) is 0 Å². The van der Waals surface area contributed by atoms with Gasteiger partial charge in [0.2, 0.25) is 5.91 Å². The summed E-state index contributed by atoms with van der Waals surface area (Å²) in [4.78, 5) is 36.9. The van der Waals surface area contributed by atoms with Gasteiger partial charge in [0.05, 0.1) is 11.4 Å². The van der Waals surface area contributed by atoms with Crippen molar-refractivity contribution in [1.82, 2.24) is 19.4 Å². The highest BCUT2D eigenvalue weighted by molar-refractivity contribution is 7.99. The second kappa shape index (κ2) is 9.06. The van der Waals surface area contributed by atoms with E-state index in [4.69, 9.17) is 4.98 Å². The fraction of sp³-hybridized carbons (Fsp3) is 0.346. The largest absolute Gasteiger partial charge is 0.349 e. The summed E-state index contributed by atoms with van der Waals surface area (Å²) < 4.78 is 1.63. The summed E-state index contributed by atoms with van der Waals surface area (Å²) in [6.07, 6.45) is 4.28. The molecular weight excluding hydrogens is 432 g/mol. The molecule has 5 rings (SSSR count). The fourth-order valence-corrected chi connectivity index (χ4v) is 5.61.